The van der Waals surface area contributed by atoms with Crippen LogP contribution in [-0.4, -0.2) is 57.6 Å². The SMILES string of the molecule is COC[C@@H]1CCCN1C[Si](C)(C)COC(=O)c1c(C(C)C)cc(C(C)C)cc1C(C)C. The largest absolute Gasteiger partial charge is 0.466 e. The molecule has 1 aromatic carbocycles. The molecule has 176 valence electrons. The van der Waals surface area contributed by atoms with Gasteiger partial charge in [0.05, 0.1) is 18.4 Å². The predicted octanol–water partition coefficient (Wildman–Crippen LogP) is 6.11. The number of carbonyl (C=O) groups is 1. The summed E-state index contributed by atoms with van der Waals surface area (Å²) in [5, 5.41) is 0. The molecule has 0 radical (unpaired) electrons. The Bertz CT molecular complexity index is 713. The molecule has 5 heteroatoms. The summed E-state index contributed by atoms with van der Waals surface area (Å²) in [4.78, 5) is 15.9. The molecule has 0 unspecified atom stereocenters. The third-order valence-electron chi connectivity index (χ3n) is 6.42. The van der Waals surface area contributed by atoms with Crippen LogP contribution in [0.2, 0.25) is 13.1 Å². The van der Waals surface area contributed by atoms with Gasteiger partial charge in [0.1, 0.15) is 8.07 Å². The molecule has 0 bridgehead atoms. The summed E-state index contributed by atoms with van der Waals surface area (Å²) < 4.78 is 11.5. The highest BCUT2D eigenvalue weighted by Gasteiger charge is 2.33. The summed E-state index contributed by atoms with van der Waals surface area (Å²) in [5.41, 5.74) is 4.35. The van der Waals surface area contributed by atoms with E-state index < -0.39 is 8.07 Å². The number of nitrogens with zero attached hydrogens (tertiary/aromatic N) is 1. The summed E-state index contributed by atoms with van der Waals surface area (Å²) in [5.74, 6) is 0.858. The van der Waals surface area contributed by atoms with E-state index in [1.165, 1.54) is 18.4 Å². The highest BCUT2D eigenvalue weighted by atomic mass is 28.3. The first-order chi connectivity index (χ1) is 14.5. The van der Waals surface area contributed by atoms with Gasteiger partial charge in [-0.3, -0.25) is 0 Å². The van der Waals surface area contributed by atoms with E-state index in [-0.39, 0.29) is 17.8 Å². The summed E-state index contributed by atoms with van der Waals surface area (Å²) in [7, 11) is 0.0563. The molecule has 0 N–H and O–H groups in total. The molecule has 0 aromatic heterocycles. The predicted molar refractivity (Wildman–Crippen MR) is 133 cm³/mol. The van der Waals surface area contributed by atoms with Crippen LogP contribution >= 0.6 is 0 Å². The van der Waals surface area contributed by atoms with Crippen LogP contribution in [0.3, 0.4) is 0 Å². The van der Waals surface area contributed by atoms with Crippen molar-refractivity contribution in [2.75, 3.05) is 32.7 Å². The van der Waals surface area contributed by atoms with E-state index in [1.807, 2.05) is 0 Å². The number of benzene rings is 1. The van der Waals surface area contributed by atoms with Crippen molar-refractivity contribution in [3.63, 3.8) is 0 Å². The standard InChI is InChI=1S/C26H45NO3Si/c1-18(2)21-13-23(19(3)4)25(24(14-21)20(5)6)26(28)30-17-31(8,9)16-27-12-10-11-22(27)15-29-7/h13-14,18-20,22H,10-12,15-17H2,1-9H3/t22-/m0/s1. The zero-order valence-corrected chi connectivity index (χ0v) is 22.4. The quantitative estimate of drug-likeness (QED) is 0.320. The minimum Gasteiger partial charge on any atom is -0.466 e. The van der Waals surface area contributed by atoms with Gasteiger partial charge in [-0.2, -0.15) is 0 Å². The lowest BCUT2D eigenvalue weighted by molar-refractivity contribution is 0.0557. The van der Waals surface area contributed by atoms with Crippen LogP contribution in [0.4, 0.5) is 0 Å². The molecule has 0 amide bonds. The molecule has 1 saturated heterocycles. The smallest absolute Gasteiger partial charge is 0.338 e. The second-order valence-electron chi connectivity index (χ2n) is 11.0. The van der Waals surface area contributed by atoms with Gasteiger partial charge in [0.2, 0.25) is 0 Å². The average molecular weight is 448 g/mol. The Labute approximate surface area is 191 Å². The fraction of sp³-hybridized carbons (Fsp3) is 0.731. The van der Waals surface area contributed by atoms with Gasteiger partial charge < -0.3 is 14.4 Å². The van der Waals surface area contributed by atoms with Gasteiger partial charge in [-0.05, 0) is 60.0 Å². The topological polar surface area (TPSA) is 38.8 Å². The zero-order valence-electron chi connectivity index (χ0n) is 21.4. The number of ether oxygens (including phenoxy) is 2. The summed E-state index contributed by atoms with van der Waals surface area (Å²) in [6, 6.07) is 4.95. The van der Waals surface area contributed by atoms with E-state index in [4.69, 9.17) is 9.47 Å². The van der Waals surface area contributed by atoms with Gasteiger partial charge in [0.25, 0.3) is 0 Å². The van der Waals surface area contributed by atoms with Crippen LogP contribution in [0.5, 0.6) is 0 Å². The molecule has 1 heterocycles. The highest BCUT2D eigenvalue weighted by molar-refractivity contribution is 6.77. The van der Waals surface area contributed by atoms with E-state index >= 15 is 0 Å². The molecule has 1 aliphatic heterocycles. The number of hydrogen-bond donors (Lipinski definition) is 0. The van der Waals surface area contributed by atoms with E-state index in [1.54, 1.807) is 7.11 Å². The molecular formula is C26H45NO3Si. The fourth-order valence-corrected chi connectivity index (χ4v) is 6.73. The molecule has 1 atom stereocenters. The number of likely N-dealkylation sites (tertiary alicyclic amines) is 1. The molecular weight excluding hydrogens is 402 g/mol. The molecule has 1 fully saturated rings. The number of esters is 1. The third kappa shape index (κ3) is 6.90. The minimum atomic E-state index is -1.73. The van der Waals surface area contributed by atoms with Crippen molar-refractivity contribution in [1.82, 2.24) is 4.90 Å². The Morgan fingerprint density at radius 1 is 1.06 bits per heavy atom. The molecule has 0 aliphatic carbocycles. The van der Waals surface area contributed by atoms with Crippen LogP contribution in [0.25, 0.3) is 0 Å². The molecule has 1 aliphatic rings. The first-order valence-corrected chi connectivity index (χ1v) is 15.5. The van der Waals surface area contributed by atoms with Crippen LogP contribution in [0.1, 0.15) is 99.2 Å². The average Bonchev–Trinajstić information content (AvgIpc) is 3.11. The Morgan fingerprint density at radius 3 is 2.13 bits per heavy atom. The van der Waals surface area contributed by atoms with Gasteiger partial charge >= 0.3 is 5.97 Å². The Kier molecular flexibility index (Phi) is 9.35. The fourth-order valence-electron chi connectivity index (χ4n) is 4.60. The number of rotatable bonds is 10. The van der Waals surface area contributed by atoms with Gasteiger partial charge in [0.15, 0.2) is 0 Å². The Morgan fingerprint density at radius 2 is 1.65 bits per heavy atom. The number of methoxy groups -OCH3 is 1. The van der Waals surface area contributed by atoms with Crippen molar-refractivity contribution >= 4 is 14.0 Å². The van der Waals surface area contributed by atoms with Gasteiger partial charge in [0, 0.05) is 13.2 Å². The van der Waals surface area contributed by atoms with E-state index in [0.29, 0.717) is 18.2 Å². The second-order valence-corrected chi connectivity index (χ2v) is 15.9. The normalized spacial score (nSPS) is 17.9. The molecule has 4 nitrogen and oxygen atoms in total. The maximum Gasteiger partial charge on any atom is 0.338 e. The first kappa shape index (κ1) is 26.1. The van der Waals surface area contributed by atoms with Crippen molar-refractivity contribution in [2.24, 2.45) is 0 Å². The first-order valence-electron chi connectivity index (χ1n) is 12.0. The van der Waals surface area contributed by atoms with Crippen molar-refractivity contribution in [2.45, 2.75) is 91.3 Å². The minimum absolute atomic E-state index is 0.141. The summed E-state index contributed by atoms with van der Waals surface area (Å²) in [6.07, 6.45) is 4.05. The lowest BCUT2D eigenvalue weighted by Gasteiger charge is -2.32. The molecule has 31 heavy (non-hydrogen) atoms. The lowest BCUT2D eigenvalue weighted by Crippen LogP contribution is -2.49. The summed E-state index contributed by atoms with van der Waals surface area (Å²) in [6.45, 7) is 19.7. The molecule has 1 aromatic rings. The van der Waals surface area contributed by atoms with Gasteiger partial charge in [-0.15, -0.1) is 0 Å². The van der Waals surface area contributed by atoms with E-state index in [0.717, 1.165) is 36.0 Å². The molecule has 0 spiro atoms. The van der Waals surface area contributed by atoms with Crippen LogP contribution < -0.4 is 0 Å². The van der Waals surface area contributed by atoms with E-state index in [9.17, 15) is 4.79 Å². The van der Waals surface area contributed by atoms with Crippen molar-refractivity contribution in [1.29, 1.82) is 0 Å². The monoisotopic (exact) mass is 447 g/mol. The molecule has 2 rings (SSSR count). The maximum absolute atomic E-state index is 13.4. The van der Waals surface area contributed by atoms with Crippen molar-refractivity contribution in [3.8, 4) is 0 Å². The number of hydrogen-bond acceptors (Lipinski definition) is 4. The summed E-state index contributed by atoms with van der Waals surface area (Å²) >= 11 is 0. The third-order valence-corrected chi connectivity index (χ3v) is 8.61. The second kappa shape index (κ2) is 11.1. The van der Waals surface area contributed by atoms with Gasteiger partial charge in [-0.25, -0.2) is 4.79 Å². The van der Waals surface area contributed by atoms with E-state index in [2.05, 4.69) is 71.7 Å². The van der Waals surface area contributed by atoms with Crippen molar-refractivity contribution in [3.05, 3.63) is 34.4 Å². The van der Waals surface area contributed by atoms with Gasteiger partial charge in [-0.1, -0.05) is 66.8 Å². The van der Waals surface area contributed by atoms with Crippen LogP contribution in [0.15, 0.2) is 12.1 Å². The molecule has 0 saturated carbocycles. The van der Waals surface area contributed by atoms with Crippen LogP contribution in [0, 0.1) is 0 Å². The Balaban J connectivity index is 2.20. The van der Waals surface area contributed by atoms with Crippen molar-refractivity contribution < 1.29 is 14.3 Å². The Hall–Kier alpha value is -1.17. The van der Waals surface area contributed by atoms with Crippen LogP contribution in [-0.2, 0) is 9.47 Å². The lowest BCUT2D eigenvalue weighted by atomic mass is 9.84. The number of carbonyl (C=O) groups excluding carboxylic acids is 1. The highest BCUT2D eigenvalue weighted by Crippen LogP contribution is 2.33. The maximum atomic E-state index is 13.4. The zero-order chi connectivity index (χ0) is 23.3.